The van der Waals surface area contributed by atoms with E-state index in [2.05, 4.69) is 146 Å². The zero-order valence-electron chi connectivity index (χ0n) is 43.8. The van der Waals surface area contributed by atoms with Gasteiger partial charge < -0.3 is 65.8 Å². The second-order valence-electron chi connectivity index (χ2n) is 18.9. The molecule has 5 rings (SSSR count). The van der Waals surface area contributed by atoms with Gasteiger partial charge >= 0.3 is 6.09 Å². The second-order valence-corrected chi connectivity index (χ2v) is 18.9. The van der Waals surface area contributed by atoms with Gasteiger partial charge in [0.15, 0.2) is 11.8 Å². The first-order valence-electron chi connectivity index (χ1n) is 26.0. The number of hydrogen-bond acceptors (Lipinski definition) is 11. The molecule has 2 aromatic carbocycles. The van der Waals surface area contributed by atoms with E-state index in [0.29, 0.717) is 112 Å². The maximum absolute atomic E-state index is 12.5. The van der Waals surface area contributed by atoms with Crippen LogP contribution in [0.3, 0.4) is 0 Å². The molecular formula is C57H83ClN4O10. The Bertz CT molecular complexity index is 2110. The Labute approximate surface area is 436 Å². The average molecular weight is 1020 g/mol. The number of allylic oxidation sites excluding steroid dienone is 6. The molecule has 2 aromatic rings. The summed E-state index contributed by atoms with van der Waals surface area (Å²) in [6.07, 6.45) is 18.4. The van der Waals surface area contributed by atoms with E-state index >= 15 is 0 Å². The van der Waals surface area contributed by atoms with Crippen molar-refractivity contribution >= 4 is 29.1 Å². The van der Waals surface area contributed by atoms with Crippen molar-refractivity contribution in [3.8, 4) is 11.8 Å². The van der Waals surface area contributed by atoms with Crippen LogP contribution in [0.5, 0.6) is 0 Å². The fourth-order valence-electron chi connectivity index (χ4n) is 9.01. The molecule has 0 bridgehead atoms. The van der Waals surface area contributed by atoms with E-state index in [1.807, 2.05) is 0 Å². The summed E-state index contributed by atoms with van der Waals surface area (Å²) in [5.41, 5.74) is 7.65. The number of fused-ring (bicyclic) bond motifs is 2. The van der Waals surface area contributed by atoms with Crippen LogP contribution >= 0.6 is 0 Å². The summed E-state index contributed by atoms with van der Waals surface area (Å²) in [4.78, 5) is 26.9. The highest BCUT2D eigenvalue weighted by atomic mass is 35.5. The van der Waals surface area contributed by atoms with E-state index in [0.717, 1.165) is 57.9 Å². The molecule has 14 nitrogen and oxygen atoms in total. The third-order valence-electron chi connectivity index (χ3n) is 12.9. The Morgan fingerprint density at radius 3 is 1.86 bits per heavy atom. The summed E-state index contributed by atoms with van der Waals surface area (Å²) < 4.78 is 46.5. The summed E-state index contributed by atoms with van der Waals surface area (Å²) >= 11 is 0. The topological polar surface area (TPSA) is 138 Å². The summed E-state index contributed by atoms with van der Waals surface area (Å²) in [5.74, 6) is 6.15. The third-order valence-corrected chi connectivity index (χ3v) is 12.9. The van der Waals surface area contributed by atoms with Crippen molar-refractivity contribution in [2.75, 3.05) is 124 Å². The number of hydrogen-bond donors (Lipinski definition) is 2. The third kappa shape index (κ3) is 20.4. The van der Waals surface area contributed by atoms with Crippen molar-refractivity contribution in [2.45, 2.75) is 102 Å². The molecule has 398 valence electrons. The lowest BCUT2D eigenvalue weighted by molar-refractivity contribution is -0.401. The van der Waals surface area contributed by atoms with E-state index in [4.69, 9.17) is 37.9 Å². The number of alkyl carbamates (subject to hydrolysis) is 1. The number of amides is 2. The summed E-state index contributed by atoms with van der Waals surface area (Å²) in [5, 5.41) is 5.68. The van der Waals surface area contributed by atoms with Crippen LogP contribution in [0, 0.1) is 11.8 Å². The van der Waals surface area contributed by atoms with Crippen LogP contribution in [0.2, 0.25) is 0 Å². The number of benzene rings is 2. The van der Waals surface area contributed by atoms with Gasteiger partial charge in [-0.2, -0.15) is 4.58 Å². The van der Waals surface area contributed by atoms with E-state index in [9.17, 15) is 9.59 Å². The standard InChI is InChI=1S/C57H82N4O10.ClH/c1-56(2)48-23-16-18-25-50(48)60(5)52(56)27-13-9-14-28-53-57(3,4)49-24-17-19-26-51(49)61(53)32-20-10-15-29-54(62)58-30-33-64-35-37-66-39-41-68-43-45-70-46-44-69-42-40-67-38-36-65-34-31-59-55(63)71-47-21-11-7-6-8-12-22-47;/h9,13-14,16-19,23-28,47H,6-8,10-11,15,20-21,29-46H2,1-5H3,(H-,58,59,62,63);1H. The molecule has 15 heteroatoms. The van der Waals surface area contributed by atoms with Gasteiger partial charge in [0.25, 0.3) is 0 Å². The van der Waals surface area contributed by atoms with Gasteiger partial charge in [-0.3, -0.25) is 4.79 Å². The van der Waals surface area contributed by atoms with Gasteiger partial charge in [-0.15, -0.1) is 0 Å². The van der Waals surface area contributed by atoms with Crippen molar-refractivity contribution in [3.63, 3.8) is 0 Å². The molecule has 1 aliphatic carbocycles. The van der Waals surface area contributed by atoms with Gasteiger partial charge in [-0.05, 0) is 63.7 Å². The molecule has 0 aromatic heterocycles. The highest BCUT2D eigenvalue weighted by Gasteiger charge is 2.42. The summed E-state index contributed by atoms with van der Waals surface area (Å²) in [7, 11) is 2.15. The molecule has 2 aliphatic heterocycles. The van der Waals surface area contributed by atoms with Crippen molar-refractivity contribution in [1.82, 2.24) is 10.6 Å². The predicted molar refractivity (Wildman–Crippen MR) is 280 cm³/mol. The van der Waals surface area contributed by atoms with Crippen LogP contribution in [0.4, 0.5) is 16.2 Å². The van der Waals surface area contributed by atoms with Crippen molar-refractivity contribution in [2.24, 2.45) is 0 Å². The molecule has 1 atom stereocenters. The van der Waals surface area contributed by atoms with Crippen molar-refractivity contribution < 1.29 is 64.5 Å². The molecule has 0 saturated heterocycles. The smallest absolute Gasteiger partial charge is 0.408 e. The van der Waals surface area contributed by atoms with Gasteiger partial charge in [-0.1, -0.05) is 93.2 Å². The van der Waals surface area contributed by atoms with Gasteiger partial charge in [0, 0.05) is 67.0 Å². The Morgan fingerprint density at radius 2 is 1.24 bits per heavy atom. The van der Waals surface area contributed by atoms with Crippen LogP contribution in [0.15, 0.2) is 84.6 Å². The molecule has 1 unspecified atom stereocenters. The number of carbonyl (C=O) groups is 2. The Kier molecular flexibility index (Phi) is 28.4. The zero-order valence-corrected chi connectivity index (χ0v) is 44.6. The minimum absolute atomic E-state index is 0. The number of halogens is 1. The van der Waals surface area contributed by atoms with E-state index in [1.54, 1.807) is 0 Å². The lowest BCUT2D eigenvalue weighted by atomic mass is 9.81. The first-order valence-corrected chi connectivity index (χ1v) is 26.0. The fraction of sp³-hybridized carbons (Fsp3) is 0.596. The van der Waals surface area contributed by atoms with E-state index in [1.165, 1.54) is 33.9 Å². The quantitative estimate of drug-likeness (QED) is 0.0407. The average Bonchev–Trinajstić information content (AvgIpc) is 3.68. The first-order chi connectivity index (χ1) is 34.6. The van der Waals surface area contributed by atoms with Crippen molar-refractivity contribution in [3.05, 3.63) is 95.7 Å². The molecular weight excluding hydrogens is 936 g/mol. The number of nitrogens with one attached hydrogen (secondary N) is 2. The normalized spacial score (nSPS) is 17.3. The lowest BCUT2D eigenvalue weighted by Gasteiger charge is -2.27. The molecule has 2 amide bonds. The molecule has 2 N–H and O–H groups in total. The number of anilines is 1. The SMILES string of the molecule is C[N+]1=C(/C=C/C=C/C=C2\N(CCCCCC(=O)NCCOCCOCCOCCOCCOCCOCCOCCNC(=O)OC3C#CCCCCC3)c3ccccc3C2(C)C)C(C)(C)c2ccccc21.[Cl-]. The molecule has 3 aliphatic rings. The monoisotopic (exact) mass is 1020 g/mol. The number of nitrogens with zero attached hydrogens (tertiary/aromatic N) is 2. The highest BCUT2D eigenvalue weighted by Crippen LogP contribution is 2.47. The second kappa shape index (κ2) is 34.0. The van der Waals surface area contributed by atoms with Gasteiger partial charge in [0.2, 0.25) is 11.6 Å². The molecule has 0 radical (unpaired) electrons. The molecule has 0 saturated carbocycles. The van der Waals surface area contributed by atoms with Gasteiger partial charge in [0.05, 0.1) is 97.9 Å². The fourth-order valence-corrected chi connectivity index (χ4v) is 9.01. The van der Waals surface area contributed by atoms with Crippen LogP contribution in [-0.4, -0.2) is 148 Å². The van der Waals surface area contributed by atoms with Crippen molar-refractivity contribution in [1.29, 1.82) is 0 Å². The highest BCUT2D eigenvalue weighted by molar-refractivity contribution is 6.03. The lowest BCUT2D eigenvalue weighted by Crippen LogP contribution is -3.00. The van der Waals surface area contributed by atoms with Crippen LogP contribution in [0.25, 0.3) is 0 Å². The van der Waals surface area contributed by atoms with Gasteiger partial charge in [-0.25, -0.2) is 4.79 Å². The van der Waals surface area contributed by atoms with Crippen LogP contribution < -0.4 is 27.9 Å². The Morgan fingerprint density at radius 1 is 0.667 bits per heavy atom. The van der Waals surface area contributed by atoms with Crippen LogP contribution in [0.1, 0.15) is 96.6 Å². The number of ether oxygens (including phenoxy) is 8. The maximum atomic E-state index is 12.5. The molecule has 0 spiro atoms. The first kappa shape index (κ1) is 60.0. The zero-order chi connectivity index (χ0) is 50.4. The molecule has 2 heterocycles. The summed E-state index contributed by atoms with van der Waals surface area (Å²) in [6, 6.07) is 17.4. The Hall–Kier alpha value is -4.56. The molecule has 72 heavy (non-hydrogen) atoms. The number of rotatable bonds is 34. The molecule has 0 fully saturated rings. The predicted octanol–water partition coefficient (Wildman–Crippen LogP) is 5.35. The number of unbranched alkanes of at least 4 members (excludes halogenated alkanes) is 2. The van der Waals surface area contributed by atoms with Crippen LogP contribution in [-0.2, 0) is 53.5 Å². The Balaban J connectivity index is 0.0000112. The van der Waals surface area contributed by atoms with Gasteiger partial charge in [0.1, 0.15) is 7.05 Å². The summed E-state index contributed by atoms with van der Waals surface area (Å²) in [6.45, 7) is 17.3. The largest absolute Gasteiger partial charge is 1.00 e. The minimum atomic E-state index is -0.457. The maximum Gasteiger partial charge on any atom is 0.408 e. The minimum Gasteiger partial charge on any atom is -1.00 e. The van der Waals surface area contributed by atoms with E-state index in [-0.39, 0.29) is 35.2 Å². The number of para-hydroxylation sites is 2. The van der Waals surface area contributed by atoms with E-state index < -0.39 is 6.09 Å². The number of carbonyl (C=O) groups excluding carboxylic acids is 2.